The van der Waals surface area contributed by atoms with Crippen molar-refractivity contribution in [3.63, 3.8) is 0 Å². The normalized spacial score (nSPS) is 11.0. The maximum absolute atomic E-state index is 13.0. The zero-order valence-electron chi connectivity index (χ0n) is 11.7. The van der Waals surface area contributed by atoms with Gasteiger partial charge in [0.25, 0.3) is 0 Å². The van der Waals surface area contributed by atoms with Crippen LogP contribution in [0.1, 0.15) is 11.4 Å². The van der Waals surface area contributed by atoms with Crippen LogP contribution in [-0.2, 0) is 17.8 Å². The average Bonchev–Trinajstić information content (AvgIpc) is 2.81. The number of carboxylic acid groups (broad SMARTS) is 1. The number of carbonyl (C=O) groups is 1. The van der Waals surface area contributed by atoms with E-state index in [4.69, 9.17) is 10.8 Å². The first-order valence-corrected chi connectivity index (χ1v) is 6.74. The van der Waals surface area contributed by atoms with Crippen molar-refractivity contribution in [2.45, 2.75) is 13.0 Å². The van der Waals surface area contributed by atoms with Crippen LogP contribution in [0.25, 0.3) is 11.0 Å². The summed E-state index contributed by atoms with van der Waals surface area (Å²) in [6.07, 6.45) is 0.404. The first kappa shape index (κ1) is 14.1. The highest BCUT2D eigenvalue weighted by Gasteiger charge is 2.15. The largest absolute Gasteiger partial charge is 0.480 e. The van der Waals surface area contributed by atoms with Crippen LogP contribution in [-0.4, -0.2) is 20.6 Å². The second kappa shape index (κ2) is 5.48. The predicted octanol–water partition coefficient (Wildman–Crippen LogP) is 2.43. The highest BCUT2D eigenvalue weighted by atomic mass is 19.1. The zero-order chi connectivity index (χ0) is 15.7. The van der Waals surface area contributed by atoms with Gasteiger partial charge in [0.15, 0.2) is 0 Å². The van der Waals surface area contributed by atoms with Crippen LogP contribution in [0.5, 0.6) is 0 Å². The molecule has 112 valence electrons. The van der Waals surface area contributed by atoms with Crippen LogP contribution < -0.4 is 5.73 Å². The van der Waals surface area contributed by atoms with Crippen LogP contribution in [0.15, 0.2) is 42.5 Å². The summed E-state index contributed by atoms with van der Waals surface area (Å²) in [5, 5.41) is 9.11. The third-order valence-electron chi connectivity index (χ3n) is 3.46. The van der Waals surface area contributed by atoms with E-state index in [0.29, 0.717) is 29.0 Å². The molecular formula is C16H14FN3O2. The molecule has 5 nitrogen and oxygen atoms in total. The number of hydrogen-bond acceptors (Lipinski definition) is 3. The lowest BCUT2D eigenvalue weighted by Gasteiger charge is -2.06. The summed E-state index contributed by atoms with van der Waals surface area (Å²) in [5.41, 5.74) is 8.52. The monoisotopic (exact) mass is 299 g/mol. The van der Waals surface area contributed by atoms with Crippen LogP contribution in [0.4, 0.5) is 10.1 Å². The third kappa shape index (κ3) is 2.63. The standard InChI is InChI=1S/C16H14FN3O2/c17-11-6-4-10(5-7-11)8-14-19-16-12(18)2-1-3-13(16)20(14)9-15(21)22/h1-7H,8-9,18H2,(H,21,22). The minimum Gasteiger partial charge on any atom is -0.480 e. The molecule has 3 rings (SSSR count). The van der Waals surface area contributed by atoms with Gasteiger partial charge >= 0.3 is 5.97 Å². The summed E-state index contributed by atoms with van der Waals surface area (Å²) in [7, 11) is 0. The van der Waals surface area contributed by atoms with Gasteiger partial charge in [0.2, 0.25) is 0 Å². The van der Waals surface area contributed by atoms with E-state index in [1.165, 1.54) is 12.1 Å². The van der Waals surface area contributed by atoms with Crippen LogP contribution in [0, 0.1) is 5.82 Å². The average molecular weight is 299 g/mol. The smallest absolute Gasteiger partial charge is 0.323 e. The van der Waals surface area contributed by atoms with Gasteiger partial charge in [0.05, 0.1) is 11.2 Å². The number of para-hydroxylation sites is 1. The Morgan fingerprint density at radius 2 is 1.95 bits per heavy atom. The molecule has 0 radical (unpaired) electrons. The number of halogens is 1. The van der Waals surface area contributed by atoms with E-state index in [1.807, 2.05) is 0 Å². The zero-order valence-corrected chi connectivity index (χ0v) is 11.7. The molecule has 6 heteroatoms. The van der Waals surface area contributed by atoms with Gasteiger partial charge in [-0.3, -0.25) is 4.79 Å². The first-order chi connectivity index (χ1) is 10.5. The van der Waals surface area contributed by atoms with E-state index in [9.17, 15) is 9.18 Å². The number of anilines is 1. The van der Waals surface area contributed by atoms with Crippen molar-refractivity contribution in [1.29, 1.82) is 0 Å². The third-order valence-corrected chi connectivity index (χ3v) is 3.46. The van der Waals surface area contributed by atoms with Gasteiger partial charge in [-0.2, -0.15) is 0 Å². The Kier molecular flexibility index (Phi) is 3.50. The molecule has 0 spiro atoms. The highest BCUT2D eigenvalue weighted by Crippen LogP contribution is 2.23. The minimum absolute atomic E-state index is 0.198. The van der Waals surface area contributed by atoms with Gasteiger partial charge in [0, 0.05) is 6.42 Å². The van der Waals surface area contributed by atoms with Crippen molar-refractivity contribution in [3.8, 4) is 0 Å². The SMILES string of the molecule is Nc1cccc2c1nc(Cc1ccc(F)cc1)n2CC(=O)O. The number of nitrogens with zero attached hydrogens (tertiary/aromatic N) is 2. The Hall–Kier alpha value is -2.89. The van der Waals surface area contributed by atoms with Crippen molar-refractivity contribution in [3.05, 3.63) is 59.7 Å². The molecule has 3 N–H and O–H groups in total. The highest BCUT2D eigenvalue weighted by molar-refractivity contribution is 5.88. The second-order valence-electron chi connectivity index (χ2n) is 5.03. The Bertz CT molecular complexity index is 840. The van der Waals surface area contributed by atoms with Gasteiger partial charge in [0.1, 0.15) is 23.7 Å². The molecular weight excluding hydrogens is 285 g/mol. The molecule has 0 aliphatic rings. The summed E-state index contributed by atoms with van der Waals surface area (Å²) in [6, 6.07) is 11.3. The van der Waals surface area contributed by atoms with Gasteiger partial charge in [-0.1, -0.05) is 18.2 Å². The number of carboxylic acids is 1. The van der Waals surface area contributed by atoms with Gasteiger partial charge in [-0.15, -0.1) is 0 Å². The number of nitrogens with two attached hydrogens (primary N) is 1. The Morgan fingerprint density at radius 1 is 1.23 bits per heavy atom. The van der Waals surface area contributed by atoms with Crippen molar-refractivity contribution in [2.75, 3.05) is 5.73 Å². The molecule has 2 aromatic carbocycles. The summed E-state index contributed by atoms with van der Waals surface area (Å²) < 4.78 is 14.6. The lowest BCUT2D eigenvalue weighted by atomic mass is 10.1. The number of imidazole rings is 1. The summed E-state index contributed by atoms with van der Waals surface area (Å²) in [4.78, 5) is 15.6. The van der Waals surface area contributed by atoms with Crippen molar-refractivity contribution in [1.82, 2.24) is 9.55 Å². The molecule has 3 aromatic rings. The van der Waals surface area contributed by atoms with Crippen molar-refractivity contribution in [2.24, 2.45) is 0 Å². The molecule has 0 aliphatic heterocycles. The fraction of sp³-hybridized carbons (Fsp3) is 0.125. The number of benzene rings is 2. The molecule has 0 saturated carbocycles. The molecule has 22 heavy (non-hydrogen) atoms. The molecule has 0 atom stereocenters. The fourth-order valence-corrected chi connectivity index (χ4v) is 2.45. The van der Waals surface area contributed by atoms with Gasteiger partial charge in [-0.05, 0) is 29.8 Å². The molecule has 0 aliphatic carbocycles. The molecule has 0 amide bonds. The van der Waals surface area contributed by atoms with Gasteiger partial charge in [-0.25, -0.2) is 9.37 Å². The van der Waals surface area contributed by atoms with E-state index < -0.39 is 5.97 Å². The lowest BCUT2D eigenvalue weighted by molar-refractivity contribution is -0.137. The van der Waals surface area contributed by atoms with E-state index >= 15 is 0 Å². The Labute approximate surface area is 125 Å². The maximum Gasteiger partial charge on any atom is 0.323 e. The van der Waals surface area contributed by atoms with Crippen LogP contribution >= 0.6 is 0 Å². The molecule has 1 heterocycles. The van der Waals surface area contributed by atoms with Gasteiger partial charge < -0.3 is 15.4 Å². The summed E-state index contributed by atoms with van der Waals surface area (Å²) in [6.45, 7) is -0.198. The lowest BCUT2D eigenvalue weighted by Crippen LogP contribution is -2.12. The predicted molar refractivity (Wildman–Crippen MR) is 81.0 cm³/mol. The fourth-order valence-electron chi connectivity index (χ4n) is 2.45. The molecule has 0 bridgehead atoms. The summed E-state index contributed by atoms with van der Waals surface area (Å²) in [5.74, 6) is -0.684. The van der Waals surface area contributed by atoms with Crippen LogP contribution in [0.2, 0.25) is 0 Å². The van der Waals surface area contributed by atoms with E-state index in [2.05, 4.69) is 4.98 Å². The number of rotatable bonds is 4. The van der Waals surface area contributed by atoms with Crippen LogP contribution in [0.3, 0.4) is 0 Å². The number of aromatic nitrogens is 2. The Balaban J connectivity index is 2.08. The number of fused-ring (bicyclic) bond motifs is 1. The number of nitrogen functional groups attached to an aromatic ring is 1. The van der Waals surface area contributed by atoms with E-state index in [-0.39, 0.29) is 12.4 Å². The first-order valence-electron chi connectivity index (χ1n) is 6.74. The maximum atomic E-state index is 13.0. The topological polar surface area (TPSA) is 81.1 Å². The molecule has 1 aromatic heterocycles. The van der Waals surface area contributed by atoms with Crippen molar-refractivity contribution < 1.29 is 14.3 Å². The number of hydrogen-bond donors (Lipinski definition) is 2. The van der Waals surface area contributed by atoms with Crippen molar-refractivity contribution >= 4 is 22.7 Å². The Morgan fingerprint density at radius 3 is 2.64 bits per heavy atom. The molecule has 0 unspecified atom stereocenters. The quantitative estimate of drug-likeness (QED) is 0.725. The minimum atomic E-state index is -0.956. The van der Waals surface area contributed by atoms with E-state index in [1.54, 1.807) is 34.9 Å². The second-order valence-corrected chi connectivity index (χ2v) is 5.03. The summed E-state index contributed by atoms with van der Waals surface area (Å²) >= 11 is 0. The van der Waals surface area contributed by atoms with E-state index in [0.717, 1.165) is 5.56 Å². The molecule has 0 saturated heterocycles. The number of aliphatic carboxylic acids is 1. The molecule has 0 fully saturated rings.